The van der Waals surface area contributed by atoms with E-state index in [2.05, 4.69) is 27.4 Å². The molecule has 3 aliphatic carbocycles. The molecule has 26 heavy (non-hydrogen) atoms. The van der Waals surface area contributed by atoms with Crippen molar-refractivity contribution in [3.8, 4) is 0 Å². The lowest BCUT2D eigenvalue weighted by atomic mass is 9.47. The molecule has 1 N–H and O–H groups in total. The van der Waals surface area contributed by atoms with Crippen LogP contribution < -0.4 is 0 Å². The van der Waals surface area contributed by atoms with E-state index in [0.717, 1.165) is 37.3 Å². The molecule has 0 spiro atoms. The Kier molecular flexibility index (Phi) is 4.66. The van der Waals surface area contributed by atoms with Gasteiger partial charge in [0.05, 0.1) is 7.11 Å². The summed E-state index contributed by atoms with van der Waals surface area (Å²) in [6, 6.07) is 0. The fourth-order valence-electron chi connectivity index (χ4n) is 5.85. The van der Waals surface area contributed by atoms with Gasteiger partial charge in [-0.2, -0.15) is 0 Å². The van der Waals surface area contributed by atoms with Crippen molar-refractivity contribution in [2.45, 2.75) is 59.3 Å². The van der Waals surface area contributed by atoms with E-state index in [0.29, 0.717) is 12.3 Å². The van der Waals surface area contributed by atoms with Crippen molar-refractivity contribution in [3.05, 3.63) is 35.3 Å². The smallest absolute Gasteiger partial charge is 0.227 e. The Bertz CT molecular complexity index is 724. The van der Waals surface area contributed by atoms with Gasteiger partial charge in [-0.15, -0.1) is 0 Å². The van der Waals surface area contributed by atoms with Crippen LogP contribution in [0.1, 0.15) is 59.3 Å². The van der Waals surface area contributed by atoms with E-state index in [9.17, 15) is 14.7 Å². The van der Waals surface area contributed by atoms with Gasteiger partial charge in [0.25, 0.3) is 0 Å². The third-order valence-electron chi connectivity index (χ3n) is 7.23. The van der Waals surface area contributed by atoms with Gasteiger partial charge in [-0.05, 0) is 54.8 Å². The minimum Gasteiger partial charge on any atom is -0.504 e. The molecule has 3 atom stereocenters. The molecule has 142 valence electrons. The van der Waals surface area contributed by atoms with E-state index in [1.165, 1.54) is 13.5 Å². The zero-order valence-corrected chi connectivity index (χ0v) is 16.4. The largest absolute Gasteiger partial charge is 0.504 e. The number of carbonyl (C=O) groups is 2. The number of aliphatic hydroxyl groups is 1. The van der Waals surface area contributed by atoms with E-state index in [1.807, 2.05) is 0 Å². The third kappa shape index (κ3) is 2.83. The topological polar surface area (TPSA) is 63.6 Å². The molecule has 0 aliphatic heterocycles. The second kappa shape index (κ2) is 6.40. The van der Waals surface area contributed by atoms with Crippen molar-refractivity contribution in [1.82, 2.24) is 0 Å². The van der Waals surface area contributed by atoms with Gasteiger partial charge >= 0.3 is 0 Å². The number of hydrogen-bond acceptors (Lipinski definition) is 4. The normalized spacial score (nSPS) is 34.5. The Morgan fingerprint density at radius 1 is 1.27 bits per heavy atom. The maximum Gasteiger partial charge on any atom is 0.227 e. The Labute approximate surface area is 156 Å². The molecule has 0 aromatic rings. The molecule has 0 saturated heterocycles. The third-order valence-corrected chi connectivity index (χ3v) is 7.23. The highest BCUT2D eigenvalue weighted by Crippen LogP contribution is 2.62. The molecule has 0 aromatic carbocycles. The first-order chi connectivity index (χ1) is 12.1. The zero-order chi connectivity index (χ0) is 19.3. The van der Waals surface area contributed by atoms with Crippen molar-refractivity contribution < 1.29 is 19.4 Å². The summed E-state index contributed by atoms with van der Waals surface area (Å²) in [5.41, 5.74) is 1.61. The quantitative estimate of drug-likeness (QED) is 0.588. The van der Waals surface area contributed by atoms with Crippen LogP contribution in [0.2, 0.25) is 0 Å². The zero-order valence-electron chi connectivity index (χ0n) is 16.4. The van der Waals surface area contributed by atoms with Crippen LogP contribution in [0.15, 0.2) is 35.3 Å². The van der Waals surface area contributed by atoms with Gasteiger partial charge in [-0.3, -0.25) is 9.59 Å². The Morgan fingerprint density at radius 2 is 1.96 bits per heavy atom. The Hall–Kier alpha value is -1.84. The predicted molar refractivity (Wildman–Crippen MR) is 100 cm³/mol. The lowest BCUT2D eigenvalue weighted by Crippen LogP contribution is -2.49. The number of methoxy groups -OCH3 is 1. The summed E-state index contributed by atoms with van der Waals surface area (Å²) in [4.78, 5) is 24.8. The number of ketones is 2. The Morgan fingerprint density at radius 3 is 2.62 bits per heavy atom. The molecule has 0 aromatic heterocycles. The second-order valence-corrected chi connectivity index (χ2v) is 9.09. The minimum absolute atomic E-state index is 0.00917. The van der Waals surface area contributed by atoms with E-state index >= 15 is 0 Å². The average Bonchev–Trinajstić information content (AvgIpc) is 2.56. The summed E-state index contributed by atoms with van der Waals surface area (Å²) in [7, 11) is 1.37. The van der Waals surface area contributed by atoms with Crippen molar-refractivity contribution in [2.75, 3.05) is 7.11 Å². The standard InChI is InChI=1S/C22H30O4/c1-13-7-8-18-21(2,3)9-6-10-22(18,4)15(13)11-14-19(24)16(23)12-17(26-5)20(14)25/h12,15,18,24H,1,6-11H2,2-5H3. The van der Waals surface area contributed by atoms with Crippen LogP contribution in [0.3, 0.4) is 0 Å². The first-order valence-electron chi connectivity index (χ1n) is 9.56. The number of hydrogen-bond donors (Lipinski definition) is 1. The summed E-state index contributed by atoms with van der Waals surface area (Å²) in [6.07, 6.45) is 6.97. The molecule has 0 amide bonds. The van der Waals surface area contributed by atoms with Gasteiger partial charge < -0.3 is 9.84 Å². The number of aliphatic hydroxyl groups excluding tert-OH is 1. The van der Waals surface area contributed by atoms with Crippen LogP contribution in [-0.2, 0) is 14.3 Å². The fraction of sp³-hybridized carbons (Fsp3) is 0.636. The summed E-state index contributed by atoms with van der Waals surface area (Å²) in [5.74, 6) is -0.708. The fourth-order valence-corrected chi connectivity index (χ4v) is 5.85. The molecular weight excluding hydrogens is 328 g/mol. The highest BCUT2D eigenvalue weighted by atomic mass is 16.5. The highest BCUT2D eigenvalue weighted by molar-refractivity contribution is 6.20. The van der Waals surface area contributed by atoms with Crippen LogP contribution in [0.5, 0.6) is 0 Å². The predicted octanol–water partition coefficient (Wildman–Crippen LogP) is 4.67. The summed E-state index contributed by atoms with van der Waals surface area (Å²) >= 11 is 0. The van der Waals surface area contributed by atoms with Gasteiger partial charge in [-0.25, -0.2) is 0 Å². The maximum atomic E-state index is 12.7. The lowest BCUT2D eigenvalue weighted by Gasteiger charge is -2.58. The average molecular weight is 358 g/mol. The monoisotopic (exact) mass is 358 g/mol. The van der Waals surface area contributed by atoms with Gasteiger partial charge in [0.1, 0.15) is 0 Å². The molecule has 2 fully saturated rings. The molecule has 3 aliphatic rings. The van der Waals surface area contributed by atoms with Crippen molar-refractivity contribution >= 4 is 11.6 Å². The number of Topliss-reactive ketones (excluding diaryl/α,β-unsaturated/α-hetero) is 1. The number of allylic oxidation sites excluding steroid dienone is 3. The van der Waals surface area contributed by atoms with Crippen LogP contribution in [0.4, 0.5) is 0 Å². The molecule has 2 saturated carbocycles. The van der Waals surface area contributed by atoms with Gasteiger partial charge in [0.2, 0.25) is 11.6 Å². The van der Waals surface area contributed by atoms with Crippen LogP contribution in [-0.4, -0.2) is 23.8 Å². The van der Waals surface area contributed by atoms with E-state index in [4.69, 9.17) is 4.74 Å². The molecule has 4 heteroatoms. The van der Waals surface area contributed by atoms with Gasteiger partial charge in [0, 0.05) is 11.6 Å². The molecule has 4 nitrogen and oxygen atoms in total. The highest BCUT2D eigenvalue weighted by Gasteiger charge is 2.53. The van der Waals surface area contributed by atoms with Gasteiger partial charge in [-0.1, -0.05) is 39.3 Å². The summed E-state index contributed by atoms with van der Waals surface area (Å²) in [5, 5.41) is 10.3. The SMILES string of the molecule is C=C1CCC2C(C)(C)CCCC2(C)C1CC1=C(O)C(=O)C=C(OC)C1=O. The van der Waals surface area contributed by atoms with Crippen molar-refractivity contribution in [2.24, 2.45) is 22.7 Å². The molecule has 3 rings (SSSR count). The molecule has 0 radical (unpaired) electrons. The molecule has 3 unspecified atom stereocenters. The van der Waals surface area contributed by atoms with E-state index < -0.39 is 11.5 Å². The number of fused-ring (bicyclic) bond motifs is 1. The van der Waals surface area contributed by atoms with E-state index in [-0.39, 0.29) is 33.9 Å². The van der Waals surface area contributed by atoms with Crippen molar-refractivity contribution in [1.29, 1.82) is 0 Å². The first kappa shape index (κ1) is 18.9. The maximum absolute atomic E-state index is 12.7. The van der Waals surface area contributed by atoms with Crippen LogP contribution in [0.25, 0.3) is 0 Å². The number of carbonyl (C=O) groups excluding carboxylic acids is 2. The minimum atomic E-state index is -0.552. The Balaban J connectivity index is 1.97. The number of rotatable bonds is 3. The summed E-state index contributed by atoms with van der Waals surface area (Å²) < 4.78 is 5.06. The van der Waals surface area contributed by atoms with Gasteiger partial charge in [0.15, 0.2) is 11.5 Å². The summed E-state index contributed by atoms with van der Waals surface area (Å²) in [6.45, 7) is 11.3. The van der Waals surface area contributed by atoms with Crippen LogP contribution in [0, 0.1) is 22.7 Å². The molecule has 0 bridgehead atoms. The van der Waals surface area contributed by atoms with Crippen LogP contribution >= 0.6 is 0 Å². The van der Waals surface area contributed by atoms with Crippen molar-refractivity contribution in [3.63, 3.8) is 0 Å². The molecule has 0 heterocycles. The number of ether oxygens (including phenoxy) is 1. The lowest BCUT2D eigenvalue weighted by molar-refractivity contribution is -0.120. The second-order valence-electron chi connectivity index (χ2n) is 9.09. The molecular formula is C22H30O4. The first-order valence-corrected chi connectivity index (χ1v) is 9.56. The van der Waals surface area contributed by atoms with E-state index in [1.54, 1.807) is 0 Å².